The predicted molar refractivity (Wildman–Crippen MR) is 108 cm³/mol. The number of primary amides is 1. The van der Waals surface area contributed by atoms with Gasteiger partial charge in [0.1, 0.15) is 5.82 Å². The maximum Gasteiger partial charge on any atom is 0.253 e. The molecular weight excluding hydrogens is 392 g/mol. The highest BCUT2D eigenvalue weighted by Crippen LogP contribution is 2.35. The van der Waals surface area contributed by atoms with Gasteiger partial charge < -0.3 is 11.1 Å². The summed E-state index contributed by atoms with van der Waals surface area (Å²) in [6, 6.07) is 1.89. The van der Waals surface area contributed by atoms with Crippen molar-refractivity contribution in [3.63, 3.8) is 0 Å². The fourth-order valence-electron chi connectivity index (χ4n) is 4.25. The number of nitrogens with zero attached hydrogens (tertiary/aromatic N) is 5. The summed E-state index contributed by atoms with van der Waals surface area (Å²) in [5.74, 6) is -1.85. The summed E-state index contributed by atoms with van der Waals surface area (Å²) in [6.07, 6.45) is 1.22. The van der Waals surface area contributed by atoms with Gasteiger partial charge in [-0.25, -0.2) is 18.4 Å². The Kier molecular flexibility index (Phi) is 5.44. The minimum absolute atomic E-state index is 0.0550. The van der Waals surface area contributed by atoms with E-state index in [1.165, 1.54) is 0 Å². The molecule has 1 saturated carbocycles. The molecule has 0 unspecified atom stereocenters. The first kappa shape index (κ1) is 20.6. The molecule has 1 aliphatic carbocycles. The number of alkyl halides is 2. The molecule has 2 aliphatic rings. The van der Waals surface area contributed by atoms with Gasteiger partial charge in [0.05, 0.1) is 17.9 Å². The van der Waals surface area contributed by atoms with Gasteiger partial charge in [-0.05, 0) is 39.2 Å². The lowest BCUT2D eigenvalue weighted by molar-refractivity contribution is -0.119. The van der Waals surface area contributed by atoms with Crippen LogP contribution in [0.3, 0.4) is 0 Å². The third kappa shape index (κ3) is 4.43. The molecule has 0 aromatic carbocycles. The monoisotopic (exact) mass is 419 g/mol. The second-order valence-electron chi connectivity index (χ2n) is 8.34. The van der Waals surface area contributed by atoms with E-state index >= 15 is 0 Å². The molecule has 0 radical (unpaired) electrons. The van der Waals surface area contributed by atoms with Crippen LogP contribution in [0.1, 0.15) is 48.3 Å². The lowest BCUT2D eigenvalue weighted by Gasteiger charge is -2.32. The first-order chi connectivity index (χ1) is 14.2. The van der Waals surface area contributed by atoms with E-state index in [0.29, 0.717) is 44.1 Å². The Bertz CT molecular complexity index is 949. The number of halogens is 2. The molecule has 1 amide bonds. The van der Waals surface area contributed by atoms with E-state index in [1.807, 2.05) is 24.8 Å². The van der Waals surface area contributed by atoms with Crippen molar-refractivity contribution < 1.29 is 13.6 Å². The molecule has 3 heterocycles. The van der Waals surface area contributed by atoms with Crippen LogP contribution in [-0.2, 0) is 17.8 Å². The standard InChI is InChI=1S/C20H27F2N7O/c1-12-9-13(2)29(27-12)19-25-16-10-28(11-17(23)30)8-5-15(16)18(26-19)24-14-3-6-20(21,22)7-4-14/h9,14H,3-8,10-11H2,1-2H3,(H2,23,30)(H,24,25,26). The van der Waals surface area contributed by atoms with Gasteiger partial charge in [-0.15, -0.1) is 0 Å². The summed E-state index contributed by atoms with van der Waals surface area (Å²) in [7, 11) is 0. The van der Waals surface area contributed by atoms with Gasteiger partial charge in [-0.2, -0.15) is 10.1 Å². The largest absolute Gasteiger partial charge is 0.369 e. The Labute approximate surface area is 173 Å². The summed E-state index contributed by atoms with van der Waals surface area (Å²) in [5, 5.41) is 7.88. The molecule has 8 nitrogen and oxygen atoms in total. The number of carbonyl (C=O) groups excluding carboxylic acids is 1. The fourth-order valence-corrected chi connectivity index (χ4v) is 4.25. The van der Waals surface area contributed by atoms with Crippen LogP contribution in [-0.4, -0.2) is 55.6 Å². The first-order valence-corrected chi connectivity index (χ1v) is 10.3. The molecule has 0 saturated heterocycles. The Morgan fingerprint density at radius 3 is 2.67 bits per heavy atom. The molecule has 10 heteroatoms. The minimum Gasteiger partial charge on any atom is -0.369 e. The van der Waals surface area contributed by atoms with Crippen LogP contribution < -0.4 is 11.1 Å². The van der Waals surface area contributed by atoms with Gasteiger partial charge in [-0.1, -0.05) is 0 Å². The molecular formula is C20H27F2N7O. The topological polar surface area (TPSA) is 102 Å². The third-order valence-electron chi connectivity index (χ3n) is 5.77. The van der Waals surface area contributed by atoms with E-state index in [1.54, 1.807) is 4.68 Å². The second-order valence-corrected chi connectivity index (χ2v) is 8.34. The van der Waals surface area contributed by atoms with Crippen molar-refractivity contribution in [2.24, 2.45) is 5.73 Å². The highest BCUT2D eigenvalue weighted by atomic mass is 19.3. The smallest absolute Gasteiger partial charge is 0.253 e. The first-order valence-electron chi connectivity index (χ1n) is 10.3. The predicted octanol–water partition coefficient (Wildman–Crippen LogP) is 2.11. The van der Waals surface area contributed by atoms with E-state index in [2.05, 4.69) is 10.4 Å². The number of hydrogen-bond acceptors (Lipinski definition) is 6. The van der Waals surface area contributed by atoms with Crippen molar-refractivity contribution in [3.05, 3.63) is 28.7 Å². The molecule has 1 fully saturated rings. The fraction of sp³-hybridized carbons (Fsp3) is 0.600. The van der Waals surface area contributed by atoms with Gasteiger partial charge >= 0.3 is 0 Å². The Hall–Kier alpha value is -2.62. The van der Waals surface area contributed by atoms with Gasteiger partial charge in [0.25, 0.3) is 5.95 Å². The number of fused-ring (bicyclic) bond motifs is 1. The van der Waals surface area contributed by atoms with Crippen molar-refractivity contribution in [3.8, 4) is 5.95 Å². The molecule has 3 N–H and O–H groups in total. The lowest BCUT2D eigenvalue weighted by Crippen LogP contribution is -2.39. The number of carbonyl (C=O) groups is 1. The zero-order valence-electron chi connectivity index (χ0n) is 17.3. The van der Waals surface area contributed by atoms with Crippen LogP contribution in [0.15, 0.2) is 6.07 Å². The Morgan fingerprint density at radius 1 is 1.30 bits per heavy atom. The number of rotatable bonds is 5. The summed E-state index contributed by atoms with van der Waals surface area (Å²) in [4.78, 5) is 22.8. The number of hydrogen-bond donors (Lipinski definition) is 2. The normalized spacial score (nSPS) is 19.5. The Morgan fingerprint density at radius 2 is 2.03 bits per heavy atom. The minimum atomic E-state index is -2.58. The number of nitrogens with one attached hydrogen (secondary N) is 1. The molecule has 162 valence electrons. The molecule has 30 heavy (non-hydrogen) atoms. The van der Waals surface area contributed by atoms with E-state index in [-0.39, 0.29) is 31.3 Å². The number of aryl methyl sites for hydroxylation is 2. The number of anilines is 1. The van der Waals surface area contributed by atoms with Crippen molar-refractivity contribution in [2.45, 2.75) is 64.5 Å². The van der Waals surface area contributed by atoms with Crippen LogP contribution in [0.2, 0.25) is 0 Å². The molecule has 0 spiro atoms. The zero-order valence-corrected chi connectivity index (χ0v) is 17.3. The van der Waals surface area contributed by atoms with Crippen LogP contribution in [0.5, 0.6) is 0 Å². The molecule has 0 atom stereocenters. The van der Waals surface area contributed by atoms with Gasteiger partial charge in [0.15, 0.2) is 0 Å². The maximum atomic E-state index is 13.6. The number of nitrogens with two attached hydrogens (primary N) is 1. The number of aromatic nitrogens is 4. The third-order valence-corrected chi connectivity index (χ3v) is 5.77. The second kappa shape index (κ2) is 7.90. The van der Waals surface area contributed by atoms with E-state index in [0.717, 1.165) is 22.6 Å². The SMILES string of the molecule is Cc1cc(C)n(-c2nc3c(c(NC4CCC(F)(F)CC4)n2)CCN(CC(N)=O)C3)n1. The van der Waals surface area contributed by atoms with E-state index in [9.17, 15) is 13.6 Å². The van der Waals surface area contributed by atoms with Crippen molar-refractivity contribution in [2.75, 3.05) is 18.4 Å². The van der Waals surface area contributed by atoms with Crippen LogP contribution >= 0.6 is 0 Å². The van der Waals surface area contributed by atoms with Crippen molar-refractivity contribution in [1.82, 2.24) is 24.6 Å². The van der Waals surface area contributed by atoms with E-state index < -0.39 is 5.92 Å². The van der Waals surface area contributed by atoms with E-state index in [4.69, 9.17) is 15.7 Å². The molecule has 0 bridgehead atoms. The van der Waals surface area contributed by atoms with Crippen molar-refractivity contribution >= 4 is 11.7 Å². The highest BCUT2D eigenvalue weighted by Gasteiger charge is 2.35. The van der Waals surface area contributed by atoms with Crippen LogP contribution in [0, 0.1) is 13.8 Å². The molecule has 2 aromatic heterocycles. The highest BCUT2D eigenvalue weighted by molar-refractivity contribution is 5.76. The number of amides is 1. The molecule has 4 rings (SSSR count). The maximum absolute atomic E-state index is 13.6. The average molecular weight is 419 g/mol. The molecule has 1 aliphatic heterocycles. The molecule has 2 aromatic rings. The lowest BCUT2D eigenvalue weighted by atomic mass is 9.92. The summed E-state index contributed by atoms with van der Waals surface area (Å²) >= 11 is 0. The van der Waals surface area contributed by atoms with Crippen molar-refractivity contribution in [1.29, 1.82) is 0 Å². The quantitative estimate of drug-likeness (QED) is 0.770. The average Bonchev–Trinajstić information content (AvgIpc) is 3.00. The summed E-state index contributed by atoms with van der Waals surface area (Å²) in [5.41, 5.74) is 8.90. The van der Waals surface area contributed by atoms with Crippen LogP contribution in [0.4, 0.5) is 14.6 Å². The summed E-state index contributed by atoms with van der Waals surface area (Å²) < 4.78 is 28.8. The van der Waals surface area contributed by atoms with Gasteiger partial charge in [0.2, 0.25) is 11.8 Å². The van der Waals surface area contributed by atoms with Gasteiger partial charge in [-0.3, -0.25) is 9.69 Å². The Balaban J connectivity index is 1.67. The zero-order chi connectivity index (χ0) is 21.5. The summed E-state index contributed by atoms with van der Waals surface area (Å²) in [6.45, 7) is 5.13. The van der Waals surface area contributed by atoms with Gasteiger partial charge in [0, 0.05) is 43.2 Å². The van der Waals surface area contributed by atoms with Crippen LogP contribution in [0.25, 0.3) is 5.95 Å².